The third-order valence-electron chi connectivity index (χ3n) is 4.80. The average Bonchev–Trinajstić information content (AvgIpc) is 2.61. The van der Waals surface area contributed by atoms with Gasteiger partial charge in [-0.3, -0.25) is 4.79 Å². The Balaban J connectivity index is 1.74. The molecule has 0 spiro atoms. The normalized spacial score (nSPS) is 15.9. The summed E-state index contributed by atoms with van der Waals surface area (Å²) in [5.41, 5.74) is 3.80. The monoisotopic (exact) mass is 372 g/mol. The minimum absolute atomic E-state index is 0.0169. The summed E-state index contributed by atoms with van der Waals surface area (Å²) in [5.74, 6) is -0.0169. The molecule has 0 radical (unpaired) electrons. The van der Waals surface area contributed by atoms with Gasteiger partial charge in [0.1, 0.15) is 0 Å². The SMILES string of the molecule is Cc1cc(C)c(C(=O)N2CCN(S(=O)(=O)c3ccccc3)CC2)c(C)c1. The Morgan fingerprint density at radius 2 is 1.42 bits per heavy atom. The number of amides is 1. The third-order valence-corrected chi connectivity index (χ3v) is 6.71. The Bertz CT molecular complexity index is 892. The number of sulfonamides is 1. The van der Waals surface area contributed by atoms with E-state index in [1.165, 1.54) is 4.31 Å². The molecule has 0 aromatic heterocycles. The second-order valence-corrected chi connectivity index (χ2v) is 8.72. The van der Waals surface area contributed by atoms with Gasteiger partial charge in [0.05, 0.1) is 4.90 Å². The van der Waals surface area contributed by atoms with Crippen LogP contribution in [0.15, 0.2) is 47.4 Å². The quantitative estimate of drug-likeness (QED) is 0.832. The van der Waals surface area contributed by atoms with Gasteiger partial charge < -0.3 is 4.90 Å². The summed E-state index contributed by atoms with van der Waals surface area (Å²) >= 11 is 0. The fraction of sp³-hybridized carbons (Fsp3) is 0.350. The summed E-state index contributed by atoms with van der Waals surface area (Å²) < 4.78 is 26.9. The summed E-state index contributed by atoms with van der Waals surface area (Å²) in [6.07, 6.45) is 0. The topological polar surface area (TPSA) is 57.7 Å². The van der Waals surface area contributed by atoms with E-state index in [1.54, 1.807) is 35.2 Å². The number of hydrogen-bond acceptors (Lipinski definition) is 3. The van der Waals surface area contributed by atoms with Gasteiger partial charge in [0, 0.05) is 31.7 Å². The second kappa shape index (κ2) is 7.21. The molecule has 1 amide bonds. The number of hydrogen-bond donors (Lipinski definition) is 0. The predicted octanol–water partition coefficient (Wildman–Crippen LogP) is 2.76. The first kappa shape index (κ1) is 18.6. The maximum Gasteiger partial charge on any atom is 0.254 e. The van der Waals surface area contributed by atoms with Gasteiger partial charge in [-0.2, -0.15) is 4.31 Å². The lowest BCUT2D eigenvalue weighted by Crippen LogP contribution is -2.50. The Morgan fingerprint density at radius 1 is 0.885 bits per heavy atom. The van der Waals surface area contributed by atoms with Gasteiger partial charge in [-0.25, -0.2) is 8.42 Å². The standard InChI is InChI=1S/C20H24N2O3S/c1-15-13-16(2)19(17(3)14-15)20(23)21-9-11-22(12-10-21)26(24,25)18-7-5-4-6-8-18/h4-8,13-14H,9-12H2,1-3H3. The highest BCUT2D eigenvalue weighted by molar-refractivity contribution is 7.89. The molecule has 6 heteroatoms. The Kier molecular flexibility index (Phi) is 5.16. The molecular formula is C20H24N2O3S. The lowest BCUT2D eigenvalue weighted by atomic mass is 9.98. The fourth-order valence-corrected chi connectivity index (χ4v) is 4.99. The van der Waals surface area contributed by atoms with E-state index in [4.69, 9.17) is 0 Å². The minimum Gasteiger partial charge on any atom is -0.336 e. The smallest absolute Gasteiger partial charge is 0.254 e. The molecule has 1 aliphatic heterocycles. The first-order valence-electron chi connectivity index (χ1n) is 8.73. The molecule has 26 heavy (non-hydrogen) atoms. The van der Waals surface area contributed by atoms with Crippen molar-refractivity contribution < 1.29 is 13.2 Å². The van der Waals surface area contributed by atoms with Crippen molar-refractivity contribution in [1.82, 2.24) is 9.21 Å². The molecule has 2 aromatic rings. The van der Waals surface area contributed by atoms with Crippen molar-refractivity contribution in [3.8, 4) is 0 Å². The lowest BCUT2D eigenvalue weighted by molar-refractivity contribution is 0.0696. The van der Waals surface area contributed by atoms with E-state index in [9.17, 15) is 13.2 Å². The van der Waals surface area contributed by atoms with Crippen molar-refractivity contribution in [2.24, 2.45) is 0 Å². The molecule has 0 atom stereocenters. The maximum atomic E-state index is 12.9. The van der Waals surface area contributed by atoms with Crippen molar-refractivity contribution in [3.05, 3.63) is 64.7 Å². The second-order valence-electron chi connectivity index (χ2n) is 6.78. The van der Waals surface area contributed by atoms with E-state index in [2.05, 4.69) is 0 Å². The molecular weight excluding hydrogens is 348 g/mol. The summed E-state index contributed by atoms with van der Waals surface area (Å²) in [6.45, 7) is 7.34. The zero-order chi connectivity index (χ0) is 18.9. The van der Waals surface area contributed by atoms with Crippen LogP contribution < -0.4 is 0 Å². The molecule has 1 aliphatic rings. The molecule has 0 N–H and O–H groups in total. The summed E-state index contributed by atoms with van der Waals surface area (Å²) in [6, 6.07) is 12.5. The van der Waals surface area contributed by atoms with Crippen LogP contribution in [0.4, 0.5) is 0 Å². The molecule has 3 rings (SSSR count). The van der Waals surface area contributed by atoms with E-state index in [1.807, 2.05) is 32.9 Å². The number of carbonyl (C=O) groups is 1. The third kappa shape index (κ3) is 3.52. The fourth-order valence-electron chi connectivity index (χ4n) is 3.55. The molecule has 5 nitrogen and oxygen atoms in total. The Labute approximate surface area is 155 Å². The van der Waals surface area contributed by atoms with E-state index >= 15 is 0 Å². The van der Waals surface area contributed by atoms with E-state index in [-0.39, 0.29) is 5.91 Å². The van der Waals surface area contributed by atoms with Crippen LogP contribution in [-0.4, -0.2) is 49.7 Å². The summed E-state index contributed by atoms with van der Waals surface area (Å²) in [5, 5.41) is 0. The molecule has 138 valence electrons. The molecule has 0 unspecified atom stereocenters. The van der Waals surface area contributed by atoms with Crippen molar-refractivity contribution in [2.75, 3.05) is 26.2 Å². The average molecular weight is 372 g/mol. The van der Waals surface area contributed by atoms with E-state index in [0.717, 1.165) is 22.3 Å². The zero-order valence-electron chi connectivity index (χ0n) is 15.4. The van der Waals surface area contributed by atoms with Gasteiger partial charge >= 0.3 is 0 Å². The van der Waals surface area contributed by atoms with Gasteiger partial charge in [-0.15, -0.1) is 0 Å². The Hall–Kier alpha value is -2.18. The summed E-state index contributed by atoms with van der Waals surface area (Å²) in [4.78, 5) is 15.0. The first-order chi connectivity index (χ1) is 12.3. The first-order valence-corrected chi connectivity index (χ1v) is 10.2. The molecule has 0 saturated carbocycles. The molecule has 2 aromatic carbocycles. The molecule has 1 fully saturated rings. The van der Waals surface area contributed by atoms with Gasteiger partial charge in [-0.1, -0.05) is 35.9 Å². The van der Waals surface area contributed by atoms with Crippen molar-refractivity contribution in [2.45, 2.75) is 25.7 Å². The molecule has 0 aliphatic carbocycles. The highest BCUT2D eigenvalue weighted by atomic mass is 32.2. The van der Waals surface area contributed by atoms with Crippen LogP contribution in [0.25, 0.3) is 0 Å². The predicted molar refractivity (Wildman–Crippen MR) is 102 cm³/mol. The number of benzene rings is 2. The van der Waals surface area contributed by atoms with Crippen LogP contribution in [0.3, 0.4) is 0 Å². The van der Waals surface area contributed by atoms with Crippen LogP contribution in [0.5, 0.6) is 0 Å². The Morgan fingerprint density at radius 3 is 1.96 bits per heavy atom. The van der Waals surface area contributed by atoms with E-state index in [0.29, 0.717) is 31.1 Å². The molecule has 1 heterocycles. The van der Waals surface area contributed by atoms with Crippen molar-refractivity contribution >= 4 is 15.9 Å². The highest BCUT2D eigenvalue weighted by Crippen LogP contribution is 2.21. The molecule has 0 bridgehead atoms. The van der Waals surface area contributed by atoms with Gasteiger partial charge in [-0.05, 0) is 44.0 Å². The van der Waals surface area contributed by atoms with Crippen molar-refractivity contribution in [1.29, 1.82) is 0 Å². The molecule has 1 saturated heterocycles. The van der Waals surface area contributed by atoms with Gasteiger partial charge in [0.15, 0.2) is 0 Å². The van der Waals surface area contributed by atoms with Crippen LogP contribution in [-0.2, 0) is 10.0 Å². The number of nitrogens with zero attached hydrogens (tertiary/aromatic N) is 2. The van der Waals surface area contributed by atoms with Crippen LogP contribution in [0, 0.1) is 20.8 Å². The van der Waals surface area contributed by atoms with Crippen LogP contribution >= 0.6 is 0 Å². The number of rotatable bonds is 3. The number of carbonyl (C=O) groups excluding carboxylic acids is 1. The zero-order valence-corrected chi connectivity index (χ0v) is 16.2. The minimum atomic E-state index is -3.50. The lowest BCUT2D eigenvalue weighted by Gasteiger charge is -2.34. The van der Waals surface area contributed by atoms with Gasteiger partial charge in [0.25, 0.3) is 5.91 Å². The number of piperazine rings is 1. The number of aryl methyl sites for hydroxylation is 3. The van der Waals surface area contributed by atoms with E-state index < -0.39 is 10.0 Å². The largest absolute Gasteiger partial charge is 0.336 e. The van der Waals surface area contributed by atoms with Crippen molar-refractivity contribution in [3.63, 3.8) is 0 Å². The van der Waals surface area contributed by atoms with Gasteiger partial charge in [0.2, 0.25) is 10.0 Å². The summed E-state index contributed by atoms with van der Waals surface area (Å²) in [7, 11) is -3.50. The van der Waals surface area contributed by atoms with Crippen LogP contribution in [0.2, 0.25) is 0 Å². The van der Waals surface area contributed by atoms with Crippen LogP contribution in [0.1, 0.15) is 27.0 Å². The maximum absolute atomic E-state index is 12.9. The highest BCUT2D eigenvalue weighted by Gasteiger charge is 2.31.